The van der Waals surface area contributed by atoms with Gasteiger partial charge in [-0.25, -0.2) is 9.78 Å². The Labute approximate surface area is 130 Å². The number of hydrogen-bond donors (Lipinski definition) is 2. The lowest BCUT2D eigenvalue weighted by atomic mass is 10.1. The fourth-order valence-corrected chi connectivity index (χ4v) is 2.00. The topological polar surface area (TPSA) is 127 Å². The molecule has 0 aliphatic carbocycles. The van der Waals surface area contributed by atoms with Crippen molar-refractivity contribution in [2.24, 2.45) is 0 Å². The van der Waals surface area contributed by atoms with Gasteiger partial charge in [0.05, 0.1) is 22.4 Å². The highest BCUT2D eigenvalue weighted by Crippen LogP contribution is 2.18. The smallest absolute Gasteiger partial charge is 0.336 e. The van der Waals surface area contributed by atoms with Crippen LogP contribution in [0, 0.1) is 10.1 Å². The Morgan fingerprint density at radius 2 is 2.13 bits per heavy atom. The van der Waals surface area contributed by atoms with Crippen molar-refractivity contribution in [3.63, 3.8) is 0 Å². The van der Waals surface area contributed by atoms with E-state index < -0.39 is 16.8 Å². The van der Waals surface area contributed by atoms with Crippen LogP contribution >= 0.6 is 0 Å². The van der Waals surface area contributed by atoms with Crippen molar-refractivity contribution in [1.29, 1.82) is 0 Å². The van der Waals surface area contributed by atoms with E-state index in [1.807, 2.05) is 4.57 Å². The Kier molecular flexibility index (Phi) is 5.03. The van der Waals surface area contributed by atoms with Gasteiger partial charge in [0.2, 0.25) is 0 Å². The summed E-state index contributed by atoms with van der Waals surface area (Å²) in [6.45, 7) is 0.944. The number of nitrogens with zero attached hydrogens (tertiary/aromatic N) is 3. The van der Waals surface area contributed by atoms with Crippen LogP contribution in [0.1, 0.15) is 27.1 Å². The molecule has 0 radical (unpaired) electrons. The number of aromatic carboxylic acids is 1. The number of carboxylic acid groups (broad SMARTS) is 1. The van der Waals surface area contributed by atoms with E-state index in [1.54, 1.807) is 18.7 Å². The second kappa shape index (κ2) is 7.16. The molecule has 0 saturated heterocycles. The summed E-state index contributed by atoms with van der Waals surface area (Å²) in [6.07, 6.45) is 5.68. The minimum Gasteiger partial charge on any atom is -0.478 e. The molecule has 2 N–H and O–H groups in total. The van der Waals surface area contributed by atoms with Crippen molar-refractivity contribution >= 4 is 17.6 Å². The van der Waals surface area contributed by atoms with Gasteiger partial charge in [-0.05, 0) is 12.5 Å². The van der Waals surface area contributed by atoms with Crippen LogP contribution in [0.2, 0.25) is 0 Å². The SMILES string of the molecule is O=C(O)c1ccc([N+](=O)[O-])cc1C(=O)NCCCn1ccnc1. The molecule has 0 atom stereocenters. The minimum atomic E-state index is -1.32. The molecule has 1 aromatic heterocycles. The van der Waals surface area contributed by atoms with Gasteiger partial charge >= 0.3 is 5.97 Å². The van der Waals surface area contributed by atoms with E-state index in [4.69, 9.17) is 5.11 Å². The second-order valence-electron chi connectivity index (χ2n) is 4.70. The van der Waals surface area contributed by atoms with Crippen LogP contribution in [0.4, 0.5) is 5.69 Å². The van der Waals surface area contributed by atoms with Gasteiger partial charge in [-0.3, -0.25) is 14.9 Å². The quantitative estimate of drug-likeness (QED) is 0.450. The van der Waals surface area contributed by atoms with Gasteiger partial charge in [0.25, 0.3) is 11.6 Å². The number of benzene rings is 1. The maximum absolute atomic E-state index is 12.1. The van der Waals surface area contributed by atoms with Crippen molar-refractivity contribution < 1.29 is 19.6 Å². The number of imidazole rings is 1. The first-order chi connectivity index (χ1) is 11.0. The average molecular weight is 318 g/mol. The highest BCUT2D eigenvalue weighted by atomic mass is 16.6. The molecule has 9 heteroatoms. The number of carboxylic acids is 1. The third kappa shape index (κ3) is 4.13. The molecule has 0 spiro atoms. The highest BCUT2D eigenvalue weighted by Gasteiger charge is 2.20. The van der Waals surface area contributed by atoms with Gasteiger partial charge in [-0.1, -0.05) is 0 Å². The summed E-state index contributed by atoms with van der Waals surface area (Å²) in [5.41, 5.74) is -0.837. The molecule has 120 valence electrons. The van der Waals surface area contributed by atoms with E-state index in [2.05, 4.69) is 10.3 Å². The van der Waals surface area contributed by atoms with E-state index >= 15 is 0 Å². The summed E-state index contributed by atoms with van der Waals surface area (Å²) in [4.78, 5) is 37.2. The first-order valence-electron chi connectivity index (χ1n) is 6.74. The maximum Gasteiger partial charge on any atom is 0.336 e. The molecule has 1 aromatic carbocycles. The molecule has 0 saturated carbocycles. The van der Waals surface area contributed by atoms with Crippen molar-refractivity contribution in [2.45, 2.75) is 13.0 Å². The van der Waals surface area contributed by atoms with Crippen LogP contribution in [-0.2, 0) is 6.54 Å². The van der Waals surface area contributed by atoms with Crippen LogP contribution in [0.25, 0.3) is 0 Å². The standard InChI is InChI=1S/C14H14N4O5/c19-13(16-4-1-6-17-7-5-15-9-17)12-8-10(18(22)23)2-3-11(12)14(20)21/h2-3,5,7-9H,1,4,6H2,(H,16,19)(H,20,21). The van der Waals surface area contributed by atoms with E-state index in [-0.39, 0.29) is 16.8 Å². The Bertz CT molecular complexity index is 727. The Hall–Kier alpha value is -3.23. The van der Waals surface area contributed by atoms with Gasteiger partial charge in [0.15, 0.2) is 0 Å². The Morgan fingerprint density at radius 3 is 2.74 bits per heavy atom. The van der Waals surface area contributed by atoms with Crippen LogP contribution in [-0.4, -0.2) is 38.0 Å². The number of carbonyl (C=O) groups excluding carboxylic acids is 1. The zero-order valence-electron chi connectivity index (χ0n) is 12.0. The first kappa shape index (κ1) is 16.1. The number of nitrogens with one attached hydrogen (secondary N) is 1. The van der Waals surface area contributed by atoms with Gasteiger partial charge in [-0.15, -0.1) is 0 Å². The lowest BCUT2D eigenvalue weighted by Gasteiger charge is -2.08. The Balaban J connectivity index is 2.03. The summed E-state index contributed by atoms with van der Waals surface area (Å²) in [5, 5.41) is 22.4. The van der Waals surface area contributed by atoms with Gasteiger partial charge in [-0.2, -0.15) is 0 Å². The Morgan fingerprint density at radius 1 is 1.35 bits per heavy atom. The molecule has 2 rings (SSSR count). The van der Waals surface area contributed by atoms with E-state index in [9.17, 15) is 19.7 Å². The molecule has 2 aromatic rings. The van der Waals surface area contributed by atoms with E-state index in [0.29, 0.717) is 19.5 Å². The van der Waals surface area contributed by atoms with Crippen LogP contribution in [0.3, 0.4) is 0 Å². The normalized spacial score (nSPS) is 10.3. The van der Waals surface area contributed by atoms with Crippen LogP contribution < -0.4 is 5.32 Å². The summed E-state index contributed by atoms with van der Waals surface area (Å²) < 4.78 is 1.84. The van der Waals surface area contributed by atoms with E-state index in [1.165, 1.54) is 0 Å². The van der Waals surface area contributed by atoms with Crippen molar-refractivity contribution in [3.8, 4) is 0 Å². The summed E-state index contributed by atoms with van der Waals surface area (Å²) >= 11 is 0. The molecule has 9 nitrogen and oxygen atoms in total. The second-order valence-corrected chi connectivity index (χ2v) is 4.70. The number of aryl methyl sites for hydroxylation is 1. The van der Waals surface area contributed by atoms with Gasteiger partial charge in [0.1, 0.15) is 0 Å². The van der Waals surface area contributed by atoms with Gasteiger partial charge in [0, 0.05) is 37.6 Å². The predicted molar refractivity (Wildman–Crippen MR) is 79.2 cm³/mol. The molecule has 0 unspecified atom stereocenters. The highest BCUT2D eigenvalue weighted by molar-refractivity contribution is 6.05. The molecular weight excluding hydrogens is 304 g/mol. The van der Waals surface area contributed by atoms with Crippen molar-refractivity contribution in [1.82, 2.24) is 14.9 Å². The summed E-state index contributed by atoms with van der Waals surface area (Å²) in [6, 6.07) is 3.08. The number of nitro benzene ring substituents is 1. The number of non-ortho nitro benzene ring substituents is 1. The third-order valence-corrected chi connectivity index (χ3v) is 3.13. The number of aromatic nitrogens is 2. The number of hydrogen-bond acceptors (Lipinski definition) is 5. The first-order valence-corrected chi connectivity index (χ1v) is 6.74. The van der Waals surface area contributed by atoms with Crippen molar-refractivity contribution in [3.05, 3.63) is 58.2 Å². The summed E-state index contributed by atoms with van der Waals surface area (Å²) in [5.74, 6) is -1.97. The van der Waals surface area contributed by atoms with E-state index in [0.717, 1.165) is 18.2 Å². The van der Waals surface area contributed by atoms with Crippen molar-refractivity contribution in [2.75, 3.05) is 6.54 Å². The zero-order valence-corrected chi connectivity index (χ0v) is 12.0. The van der Waals surface area contributed by atoms with Crippen LogP contribution in [0.5, 0.6) is 0 Å². The monoisotopic (exact) mass is 318 g/mol. The predicted octanol–water partition coefficient (Wildman–Crippen LogP) is 1.31. The lowest BCUT2D eigenvalue weighted by Crippen LogP contribution is -2.27. The molecule has 0 bridgehead atoms. The molecular formula is C14H14N4O5. The maximum atomic E-state index is 12.1. The fourth-order valence-electron chi connectivity index (χ4n) is 2.00. The van der Waals surface area contributed by atoms with Crippen LogP contribution in [0.15, 0.2) is 36.9 Å². The molecule has 0 fully saturated rings. The summed E-state index contributed by atoms with van der Waals surface area (Å²) in [7, 11) is 0. The molecule has 23 heavy (non-hydrogen) atoms. The molecule has 0 aliphatic rings. The molecule has 1 amide bonds. The average Bonchev–Trinajstić information content (AvgIpc) is 3.03. The largest absolute Gasteiger partial charge is 0.478 e. The number of amides is 1. The molecule has 1 heterocycles. The lowest BCUT2D eigenvalue weighted by molar-refractivity contribution is -0.384. The number of carbonyl (C=O) groups is 2. The number of rotatable bonds is 7. The van der Waals surface area contributed by atoms with Gasteiger partial charge < -0.3 is 15.0 Å². The third-order valence-electron chi connectivity index (χ3n) is 3.13. The molecule has 0 aliphatic heterocycles. The minimum absolute atomic E-state index is 0.227. The fraction of sp³-hybridized carbons (Fsp3) is 0.214. The zero-order chi connectivity index (χ0) is 16.8. The number of nitro groups is 1.